The zero-order valence-corrected chi connectivity index (χ0v) is 27.8. The molecule has 2 saturated heterocycles. The molecule has 17 nitrogen and oxygen atoms in total. The molecule has 2 heterocycles. The number of amides is 1. The molecular formula is C32H54N6O11. The van der Waals surface area contributed by atoms with Crippen molar-refractivity contribution in [2.45, 2.75) is 131 Å². The zero-order valence-electron chi connectivity index (χ0n) is 27.8. The van der Waals surface area contributed by atoms with Crippen molar-refractivity contribution in [1.29, 1.82) is 0 Å². The van der Waals surface area contributed by atoms with Crippen LogP contribution in [-0.2, 0) is 28.5 Å². The molecule has 1 aromatic rings. The molecule has 0 radical (unpaired) electrons. The molecule has 1 aliphatic carbocycles. The molecule has 278 valence electrons. The Hall–Kier alpha value is -2.36. The third kappa shape index (κ3) is 10.4. The van der Waals surface area contributed by atoms with Gasteiger partial charge in [-0.3, -0.25) is 9.59 Å². The first-order chi connectivity index (χ1) is 23.3. The highest BCUT2D eigenvalue weighted by Crippen LogP contribution is 2.31. The maximum Gasteiger partial charge on any atom is 0.305 e. The molecular weight excluding hydrogens is 644 g/mol. The molecule has 49 heavy (non-hydrogen) atoms. The van der Waals surface area contributed by atoms with Gasteiger partial charge in [-0.15, -0.1) is 0 Å². The van der Waals surface area contributed by atoms with Crippen molar-refractivity contribution >= 4 is 11.9 Å². The summed E-state index contributed by atoms with van der Waals surface area (Å²) in [6, 6.07) is 3.76. The van der Waals surface area contributed by atoms with E-state index in [4.69, 9.17) is 52.4 Å². The number of esters is 1. The lowest BCUT2D eigenvalue weighted by molar-refractivity contribution is -0.315. The van der Waals surface area contributed by atoms with Crippen molar-refractivity contribution in [3.63, 3.8) is 0 Å². The summed E-state index contributed by atoms with van der Waals surface area (Å²) in [5, 5.41) is 45.7. The molecule has 14 atom stereocenters. The lowest BCUT2D eigenvalue weighted by Crippen LogP contribution is -2.68. The quantitative estimate of drug-likeness (QED) is 0.0667. The number of hydrogen-bond donors (Lipinski definition) is 10. The Morgan fingerprint density at radius 1 is 0.816 bits per heavy atom. The van der Waals surface area contributed by atoms with E-state index in [1.54, 1.807) is 12.1 Å². The van der Waals surface area contributed by atoms with Gasteiger partial charge in [0.25, 0.3) is 5.91 Å². The van der Waals surface area contributed by atoms with Crippen LogP contribution in [0, 0.1) is 6.92 Å². The molecule has 1 aromatic carbocycles. The first kappa shape index (κ1) is 39.4. The Kier molecular flexibility index (Phi) is 14.7. The second-order valence-electron chi connectivity index (χ2n) is 13.2. The third-order valence-electron chi connectivity index (χ3n) is 9.30. The number of hydrogen-bond acceptors (Lipinski definition) is 16. The van der Waals surface area contributed by atoms with E-state index in [0.29, 0.717) is 31.4 Å². The fraction of sp³-hybridized carbons (Fsp3) is 0.750. The molecule has 0 aromatic heterocycles. The Morgan fingerprint density at radius 3 is 2.10 bits per heavy atom. The smallest absolute Gasteiger partial charge is 0.305 e. The van der Waals surface area contributed by atoms with Gasteiger partial charge in [0.1, 0.15) is 43.2 Å². The first-order valence-corrected chi connectivity index (χ1v) is 16.9. The summed E-state index contributed by atoms with van der Waals surface area (Å²) in [6.45, 7) is 2.07. The molecule has 17 heteroatoms. The number of aliphatic hydroxyl groups excluding tert-OH is 4. The number of aryl methyl sites for hydroxylation is 1. The summed E-state index contributed by atoms with van der Waals surface area (Å²) in [4.78, 5) is 24.6. The molecule has 1 saturated carbocycles. The minimum Gasteiger partial charge on any atom is -0.463 e. The molecule has 2 aliphatic heterocycles. The molecule has 0 bridgehead atoms. The Balaban J connectivity index is 1.23. The SMILES string of the molecule is Cc1ccc(C(=O)NCCCCCC(=O)OCC2OC(OC3C(N)CC(N)C(OC4OC(CN)C(O)CC4N)C3O)C(O)C(N)C2O)cc1. The van der Waals surface area contributed by atoms with Crippen molar-refractivity contribution in [3.8, 4) is 0 Å². The maximum absolute atomic E-state index is 12.4. The molecule has 14 unspecified atom stereocenters. The summed E-state index contributed by atoms with van der Waals surface area (Å²) in [5.41, 5.74) is 32.1. The predicted octanol–water partition coefficient (Wildman–Crippen LogP) is -3.45. The van der Waals surface area contributed by atoms with Gasteiger partial charge in [-0.1, -0.05) is 24.1 Å². The molecule has 4 rings (SSSR count). The van der Waals surface area contributed by atoms with Crippen LogP contribution in [0.2, 0.25) is 0 Å². The summed E-state index contributed by atoms with van der Waals surface area (Å²) < 4.78 is 28.8. The number of carbonyl (C=O) groups excluding carboxylic acids is 2. The second-order valence-corrected chi connectivity index (χ2v) is 13.2. The number of nitrogens with one attached hydrogen (secondary N) is 1. The summed E-state index contributed by atoms with van der Waals surface area (Å²) in [7, 11) is 0. The standard InChI is InChI=1S/C32H54N6O11/c1-15-6-8-16(9-7-15)30(44)38-10-4-2-3-5-23(40)45-14-22-25(41)24(37)26(42)32(47-22)49-29-18(35)11-17(34)28(27(29)43)48-31-19(36)12-20(39)21(13-33)46-31/h6-9,17-22,24-29,31-32,39,41-43H,2-5,10-14,33-37H2,1H3,(H,38,44). The monoisotopic (exact) mass is 698 g/mol. The largest absolute Gasteiger partial charge is 0.463 e. The van der Waals surface area contributed by atoms with Crippen molar-refractivity contribution in [2.75, 3.05) is 19.7 Å². The van der Waals surface area contributed by atoms with Gasteiger partial charge in [-0.05, 0) is 44.7 Å². The van der Waals surface area contributed by atoms with Crippen LogP contribution >= 0.6 is 0 Å². The number of ether oxygens (including phenoxy) is 5. The molecule has 15 N–H and O–H groups in total. The predicted molar refractivity (Wildman–Crippen MR) is 174 cm³/mol. The molecule has 0 spiro atoms. The zero-order chi connectivity index (χ0) is 35.8. The van der Waals surface area contributed by atoms with E-state index < -0.39 is 91.5 Å². The van der Waals surface area contributed by atoms with Crippen molar-refractivity contribution < 1.29 is 53.7 Å². The summed E-state index contributed by atoms with van der Waals surface area (Å²) in [5.74, 6) is -0.683. The Labute approximate surface area is 285 Å². The third-order valence-corrected chi connectivity index (χ3v) is 9.30. The number of aliphatic hydroxyl groups is 4. The van der Waals surface area contributed by atoms with E-state index in [0.717, 1.165) is 5.56 Å². The van der Waals surface area contributed by atoms with Gasteiger partial charge >= 0.3 is 5.97 Å². The minimum atomic E-state index is -1.52. The van der Waals surface area contributed by atoms with E-state index in [-0.39, 0.29) is 38.3 Å². The minimum absolute atomic E-state index is 0.0272. The topological polar surface area (TPSA) is 303 Å². The van der Waals surface area contributed by atoms with Crippen LogP contribution in [0.3, 0.4) is 0 Å². The van der Waals surface area contributed by atoms with Crippen LogP contribution in [0.5, 0.6) is 0 Å². The van der Waals surface area contributed by atoms with E-state index in [2.05, 4.69) is 5.32 Å². The van der Waals surface area contributed by atoms with Gasteiger partial charge in [0.05, 0.1) is 24.3 Å². The van der Waals surface area contributed by atoms with Crippen molar-refractivity contribution in [1.82, 2.24) is 5.32 Å². The number of rotatable bonds is 14. The fourth-order valence-corrected chi connectivity index (χ4v) is 6.24. The van der Waals surface area contributed by atoms with Gasteiger partial charge in [0, 0.05) is 37.2 Å². The van der Waals surface area contributed by atoms with Gasteiger partial charge in [-0.25, -0.2) is 0 Å². The van der Waals surface area contributed by atoms with Crippen LogP contribution in [0.25, 0.3) is 0 Å². The van der Waals surface area contributed by atoms with Crippen LogP contribution in [0.4, 0.5) is 0 Å². The highest BCUT2D eigenvalue weighted by Gasteiger charge is 2.50. The van der Waals surface area contributed by atoms with E-state index in [1.807, 2.05) is 19.1 Å². The van der Waals surface area contributed by atoms with Crippen LogP contribution < -0.4 is 34.0 Å². The highest BCUT2D eigenvalue weighted by atomic mass is 16.7. The van der Waals surface area contributed by atoms with Crippen molar-refractivity contribution in [3.05, 3.63) is 35.4 Å². The number of carbonyl (C=O) groups is 2. The molecule has 1 amide bonds. The second kappa shape index (κ2) is 18.2. The maximum atomic E-state index is 12.4. The highest BCUT2D eigenvalue weighted by molar-refractivity contribution is 5.94. The van der Waals surface area contributed by atoms with Gasteiger partial charge in [0.2, 0.25) is 0 Å². The van der Waals surface area contributed by atoms with Crippen molar-refractivity contribution in [2.24, 2.45) is 28.7 Å². The van der Waals surface area contributed by atoms with Crippen LogP contribution in [0.1, 0.15) is 54.4 Å². The normalized spacial score (nSPS) is 38.2. The summed E-state index contributed by atoms with van der Waals surface area (Å²) >= 11 is 0. The van der Waals surface area contributed by atoms with Gasteiger partial charge < -0.3 is 78.1 Å². The number of benzene rings is 1. The van der Waals surface area contributed by atoms with Crippen LogP contribution in [0.15, 0.2) is 24.3 Å². The lowest BCUT2D eigenvalue weighted by Gasteiger charge is -2.47. The van der Waals surface area contributed by atoms with E-state index in [9.17, 15) is 30.0 Å². The molecule has 3 fully saturated rings. The van der Waals surface area contributed by atoms with Gasteiger partial charge in [-0.2, -0.15) is 0 Å². The average Bonchev–Trinajstić information content (AvgIpc) is 3.06. The lowest BCUT2D eigenvalue weighted by atomic mass is 9.84. The van der Waals surface area contributed by atoms with E-state index in [1.165, 1.54) is 0 Å². The van der Waals surface area contributed by atoms with E-state index >= 15 is 0 Å². The summed E-state index contributed by atoms with van der Waals surface area (Å²) in [6.07, 6.45) is -9.52. The Bertz CT molecular complexity index is 1200. The number of nitrogens with two attached hydrogens (primary N) is 5. The Morgan fingerprint density at radius 2 is 1.45 bits per heavy atom. The van der Waals surface area contributed by atoms with Crippen LogP contribution in [-0.4, -0.2) is 138 Å². The average molecular weight is 699 g/mol. The molecule has 3 aliphatic rings. The fourth-order valence-electron chi connectivity index (χ4n) is 6.24. The number of unbranched alkanes of at least 4 members (excludes halogenated alkanes) is 2. The van der Waals surface area contributed by atoms with Gasteiger partial charge in [0.15, 0.2) is 12.6 Å². The first-order valence-electron chi connectivity index (χ1n) is 16.9.